The molecule has 50 valence electrons. The van der Waals surface area contributed by atoms with Gasteiger partial charge in [-0.1, -0.05) is 0 Å². The van der Waals surface area contributed by atoms with Gasteiger partial charge in [-0.25, -0.2) is 0 Å². The molecule has 0 bridgehead atoms. The van der Waals surface area contributed by atoms with Crippen molar-refractivity contribution >= 4 is 0 Å². The number of allylic oxidation sites excluding steroid dienone is 1. The summed E-state index contributed by atoms with van der Waals surface area (Å²) in [5.74, 6) is 0. The van der Waals surface area contributed by atoms with Crippen LogP contribution in [0.1, 0.15) is 6.42 Å². The minimum Gasteiger partial charge on any atom is -0.377 e. The molecule has 0 radical (unpaired) electrons. The normalized spacial score (nSPS) is 16.0. The maximum absolute atomic E-state index is 8.40. The summed E-state index contributed by atoms with van der Waals surface area (Å²) in [6.07, 6.45) is 0.733. The predicted molar refractivity (Wildman–Crippen MR) is 33.7 cm³/mol. The first-order valence-electron chi connectivity index (χ1n) is 2.98. The number of hydrogen-bond acceptors (Lipinski definition) is 3. The van der Waals surface area contributed by atoms with Gasteiger partial charge in [-0.2, -0.15) is 10.5 Å². The van der Waals surface area contributed by atoms with Crippen LogP contribution in [0.2, 0.25) is 0 Å². The molecule has 1 aliphatic heterocycles. The van der Waals surface area contributed by atoms with E-state index >= 15 is 0 Å². The largest absolute Gasteiger partial charge is 0.377 e. The van der Waals surface area contributed by atoms with E-state index < -0.39 is 0 Å². The average Bonchev–Trinajstić information content (AvgIpc) is 2.43. The zero-order valence-corrected chi connectivity index (χ0v) is 5.42. The third-order valence-electron chi connectivity index (χ3n) is 1.40. The number of rotatable bonds is 0. The van der Waals surface area contributed by atoms with E-state index in [0.29, 0.717) is 13.2 Å². The molecule has 1 heterocycles. The lowest BCUT2D eigenvalue weighted by atomic mass is 10.1. The van der Waals surface area contributed by atoms with E-state index in [1.807, 2.05) is 12.1 Å². The van der Waals surface area contributed by atoms with Crippen molar-refractivity contribution in [2.75, 3.05) is 13.2 Å². The monoisotopic (exact) mass is 134 g/mol. The van der Waals surface area contributed by atoms with Gasteiger partial charge in [0.2, 0.25) is 0 Å². The van der Waals surface area contributed by atoms with Crippen molar-refractivity contribution in [3.63, 3.8) is 0 Å². The fourth-order valence-corrected chi connectivity index (χ4v) is 0.843. The molecule has 1 aliphatic rings. The Morgan fingerprint density at radius 2 is 2.10 bits per heavy atom. The fraction of sp³-hybridized carbons (Fsp3) is 0.429. The van der Waals surface area contributed by atoms with E-state index in [1.54, 1.807) is 0 Å². The van der Waals surface area contributed by atoms with E-state index in [9.17, 15) is 0 Å². The Labute approximate surface area is 59.1 Å². The minimum absolute atomic E-state index is 0.220. The summed E-state index contributed by atoms with van der Waals surface area (Å²) in [6, 6.07) is 3.66. The molecule has 0 amide bonds. The number of nitrogens with zero attached hydrogens (tertiary/aromatic N) is 2. The third kappa shape index (κ3) is 1.15. The molecule has 1 saturated heterocycles. The Morgan fingerprint density at radius 3 is 2.50 bits per heavy atom. The Balaban J connectivity index is 2.85. The lowest BCUT2D eigenvalue weighted by Crippen LogP contribution is -1.86. The first-order valence-corrected chi connectivity index (χ1v) is 2.98. The zero-order chi connectivity index (χ0) is 7.40. The second-order valence-corrected chi connectivity index (χ2v) is 2.00. The molecule has 3 heteroatoms. The van der Waals surface area contributed by atoms with E-state index in [0.717, 1.165) is 12.0 Å². The first-order chi connectivity index (χ1) is 4.88. The molecule has 0 saturated carbocycles. The smallest absolute Gasteiger partial charge is 0.131 e. The van der Waals surface area contributed by atoms with Crippen molar-refractivity contribution in [2.24, 2.45) is 0 Å². The van der Waals surface area contributed by atoms with Crippen molar-refractivity contribution in [1.29, 1.82) is 10.5 Å². The Hall–Kier alpha value is -1.32. The molecule has 0 aromatic carbocycles. The molecular weight excluding hydrogens is 128 g/mol. The molecule has 10 heavy (non-hydrogen) atoms. The highest BCUT2D eigenvalue weighted by atomic mass is 16.5. The third-order valence-corrected chi connectivity index (χ3v) is 1.40. The molecule has 0 unspecified atom stereocenters. The van der Waals surface area contributed by atoms with Crippen LogP contribution in [0.15, 0.2) is 11.1 Å². The van der Waals surface area contributed by atoms with Gasteiger partial charge in [0, 0.05) is 0 Å². The van der Waals surface area contributed by atoms with Crippen molar-refractivity contribution in [3.8, 4) is 12.1 Å². The Morgan fingerprint density at radius 1 is 1.40 bits per heavy atom. The van der Waals surface area contributed by atoms with Crippen LogP contribution in [0.25, 0.3) is 0 Å². The number of nitriles is 2. The van der Waals surface area contributed by atoms with E-state index in [2.05, 4.69) is 0 Å². The maximum atomic E-state index is 8.40. The van der Waals surface area contributed by atoms with Crippen molar-refractivity contribution in [1.82, 2.24) is 0 Å². The number of hydrogen-bond donors (Lipinski definition) is 0. The van der Waals surface area contributed by atoms with Crippen LogP contribution < -0.4 is 0 Å². The SMILES string of the molecule is N#CC(C#N)=C1CCOC1. The fourth-order valence-electron chi connectivity index (χ4n) is 0.843. The van der Waals surface area contributed by atoms with Gasteiger partial charge in [0.1, 0.15) is 17.7 Å². The highest BCUT2D eigenvalue weighted by Gasteiger charge is 2.11. The van der Waals surface area contributed by atoms with Gasteiger partial charge in [-0.15, -0.1) is 0 Å². The van der Waals surface area contributed by atoms with E-state index in [4.69, 9.17) is 15.3 Å². The van der Waals surface area contributed by atoms with E-state index in [-0.39, 0.29) is 5.57 Å². The van der Waals surface area contributed by atoms with Crippen LogP contribution in [-0.2, 0) is 4.74 Å². The Kier molecular flexibility index (Phi) is 2.04. The van der Waals surface area contributed by atoms with Crippen LogP contribution in [-0.4, -0.2) is 13.2 Å². The molecular formula is C7H6N2O. The van der Waals surface area contributed by atoms with Crippen molar-refractivity contribution in [3.05, 3.63) is 11.1 Å². The molecule has 1 fully saturated rings. The van der Waals surface area contributed by atoms with Crippen LogP contribution in [0.4, 0.5) is 0 Å². The van der Waals surface area contributed by atoms with E-state index in [1.165, 1.54) is 0 Å². The molecule has 0 aromatic rings. The molecule has 0 atom stereocenters. The summed E-state index contributed by atoms with van der Waals surface area (Å²) in [5, 5.41) is 16.8. The van der Waals surface area contributed by atoms with Gasteiger partial charge in [0.25, 0.3) is 0 Å². The predicted octanol–water partition coefficient (Wildman–Crippen LogP) is 0.750. The highest BCUT2D eigenvalue weighted by Crippen LogP contribution is 2.14. The van der Waals surface area contributed by atoms with Crippen LogP contribution >= 0.6 is 0 Å². The minimum atomic E-state index is 0.220. The van der Waals surface area contributed by atoms with Crippen LogP contribution in [0, 0.1) is 22.7 Å². The lowest BCUT2D eigenvalue weighted by Gasteiger charge is -1.88. The molecule has 3 nitrogen and oxygen atoms in total. The standard InChI is InChI=1S/C7H6N2O/c8-3-7(4-9)6-1-2-10-5-6/h1-2,5H2. The van der Waals surface area contributed by atoms with Gasteiger partial charge in [0.15, 0.2) is 0 Å². The zero-order valence-electron chi connectivity index (χ0n) is 5.42. The lowest BCUT2D eigenvalue weighted by molar-refractivity contribution is 0.204. The maximum Gasteiger partial charge on any atom is 0.131 e. The van der Waals surface area contributed by atoms with Gasteiger partial charge >= 0.3 is 0 Å². The van der Waals surface area contributed by atoms with Crippen LogP contribution in [0.5, 0.6) is 0 Å². The summed E-state index contributed by atoms with van der Waals surface area (Å²) in [7, 11) is 0. The van der Waals surface area contributed by atoms with Crippen molar-refractivity contribution in [2.45, 2.75) is 6.42 Å². The molecule has 1 rings (SSSR count). The summed E-state index contributed by atoms with van der Waals surface area (Å²) in [4.78, 5) is 0. The van der Waals surface area contributed by atoms with Crippen molar-refractivity contribution < 1.29 is 4.74 Å². The molecule has 0 aromatic heterocycles. The number of ether oxygens (including phenoxy) is 1. The average molecular weight is 134 g/mol. The highest BCUT2D eigenvalue weighted by molar-refractivity contribution is 5.40. The summed E-state index contributed by atoms with van der Waals surface area (Å²) in [6.45, 7) is 1.10. The molecule has 0 spiro atoms. The molecule has 0 aliphatic carbocycles. The van der Waals surface area contributed by atoms with Gasteiger partial charge in [-0.3, -0.25) is 0 Å². The van der Waals surface area contributed by atoms with Gasteiger partial charge < -0.3 is 4.74 Å². The van der Waals surface area contributed by atoms with Gasteiger partial charge in [-0.05, 0) is 12.0 Å². The second kappa shape index (κ2) is 3.00. The molecule has 0 N–H and O–H groups in total. The van der Waals surface area contributed by atoms with Crippen LogP contribution in [0.3, 0.4) is 0 Å². The second-order valence-electron chi connectivity index (χ2n) is 2.00. The quantitative estimate of drug-likeness (QED) is 0.459. The topological polar surface area (TPSA) is 56.8 Å². The summed E-state index contributed by atoms with van der Waals surface area (Å²) < 4.78 is 4.98. The summed E-state index contributed by atoms with van der Waals surface area (Å²) >= 11 is 0. The summed E-state index contributed by atoms with van der Waals surface area (Å²) in [5.41, 5.74) is 1.06. The van der Waals surface area contributed by atoms with Gasteiger partial charge in [0.05, 0.1) is 13.2 Å². The first kappa shape index (κ1) is 6.80. The Bertz CT molecular complexity index is 217.